The van der Waals surface area contributed by atoms with E-state index in [1.54, 1.807) is 0 Å². The second kappa shape index (κ2) is 3.25. The van der Waals surface area contributed by atoms with E-state index in [0.29, 0.717) is 0 Å². The molecule has 0 aromatic heterocycles. The molecule has 0 aromatic rings. The molecule has 3 nitrogen and oxygen atoms in total. The maximum absolute atomic E-state index is 9.06. The molecular formula is C8H13N3S. The van der Waals surface area contributed by atoms with Crippen molar-refractivity contribution in [2.24, 2.45) is 0 Å². The summed E-state index contributed by atoms with van der Waals surface area (Å²) in [7, 11) is 0. The molecule has 2 heterocycles. The van der Waals surface area contributed by atoms with Gasteiger partial charge in [0, 0.05) is 37.7 Å². The Morgan fingerprint density at radius 3 is 2.42 bits per heavy atom. The normalized spacial score (nSPS) is 28.9. The molecule has 0 spiro atoms. The smallest absolute Gasteiger partial charge is 0.127 e. The Bertz CT molecular complexity index is 201. The Hall–Kier alpha value is -0.240. The Morgan fingerprint density at radius 1 is 1.33 bits per heavy atom. The summed E-state index contributed by atoms with van der Waals surface area (Å²) in [6, 6.07) is 2.46. The van der Waals surface area contributed by atoms with Crippen LogP contribution in [0.2, 0.25) is 0 Å². The maximum atomic E-state index is 9.06. The maximum Gasteiger partial charge on any atom is 0.127 e. The largest absolute Gasteiger partial charge is 0.314 e. The standard InChI is InChI=1S/C8H13N3S/c9-5-8(6-12-7-8)11-3-1-10-2-4-11/h10H,1-4,6-7H2. The van der Waals surface area contributed by atoms with E-state index in [1.165, 1.54) is 0 Å². The second-order valence-corrected chi connectivity index (χ2v) is 4.36. The fraction of sp³-hybridized carbons (Fsp3) is 0.875. The summed E-state index contributed by atoms with van der Waals surface area (Å²) in [5.41, 5.74) is -0.104. The lowest BCUT2D eigenvalue weighted by atomic mass is 10.0. The molecule has 0 aliphatic carbocycles. The number of rotatable bonds is 1. The van der Waals surface area contributed by atoms with Crippen LogP contribution in [0.3, 0.4) is 0 Å². The van der Waals surface area contributed by atoms with Crippen molar-refractivity contribution in [1.82, 2.24) is 10.2 Å². The Kier molecular flexibility index (Phi) is 2.26. The van der Waals surface area contributed by atoms with E-state index in [1.807, 2.05) is 11.8 Å². The number of nitrogens with one attached hydrogen (secondary N) is 1. The van der Waals surface area contributed by atoms with Crippen LogP contribution in [0.5, 0.6) is 0 Å². The monoisotopic (exact) mass is 183 g/mol. The highest BCUT2D eigenvalue weighted by molar-refractivity contribution is 8.00. The molecule has 1 N–H and O–H groups in total. The number of thioether (sulfide) groups is 1. The first kappa shape index (κ1) is 8.36. The van der Waals surface area contributed by atoms with E-state index in [4.69, 9.17) is 5.26 Å². The Labute approximate surface area is 77.1 Å². The first-order chi connectivity index (χ1) is 5.87. The first-order valence-electron chi connectivity index (χ1n) is 4.32. The van der Waals surface area contributed by atoms with Crippen molar-refractivity contribution < 1.29 is 0 Å². The molecule has 4 heteroatoms. The van der Waals surface area contributed by atoms with Crippen molar-refractivity contribution in [2.75, 3.05) is 37.7 Å². The highest BCUT2D eigenvalue weighted by Crippen LogP contribution is 2.34. The molecule has 0 saturated carbocycles. The van der Waals surface area contributed by atoms with Crippen molar-refractivity contribution in [2.45, 2.75) is 5.54 Å². The van der Waals surface area contributed by atoms with Gasteiger partial charge in [0.15, 0.2) is 0 Å². The Morgan fingerprint density at radius 2 is 2.00 bits per heavy atom. The van der Waals surface area contributed by atoms with E-state index in [-0.39, 0.29) is 5.54 Å². The average Bonchev–Trinajstić information content (AvgIpc) is 2.05. The Balaban J connectivity index is 2.01. The van der Waals surface area contributed by atoms with E-state index in [0.717, 1.165) is 37.7 Å². The van der Waals surface area contributed by atoms with Gasteiger partial charge in [-0.15, -0.1) is 0 Å². The molecule has 2 saturated heterocycles. The molecule has 66 valence electrons. The lowest BCUT2D eigenvalue weighted by molar-refractivity contribution is 0.146. The summed E-state index contributed by atoms with van der Waals surface area (Å²) < 4.78 is 0. The fourth-order valence-corrected chi connectivity index (χ4v) is 2.79. The van der Waals surface area contributed by atoms with Crippen molar-refractivity contribution in [3.8, 4) is 6.07 Å². The van der Waals surface area contributed by atoms with Crippen LogP contribution in [-0.4, -0.2) is 48.1 Å². The van der Waals surface area contributed by atoms with Crippen molar-refractivity contribution in [1.29, 1.82) is 5.26 Å². The van der Waals surface area contributed by atoms with Gasteiger partial charge in [-0.05, 0) is 0 Å². The van der Waals surface area contributed by atoms with Crippen LogP contribution in [0.4, 0.5) is 0 Å². The van der Waals surface area contributed by atoms with Gasteiger partial charge in [0.05, 0.1) is 6.07 Å². The highest BCUT2D eigenvalue weighted by Gasteiger charge is 2.43. The van der Waals surface area contributed by atoms with Gasteiger partial charge in [0.2, 0.25) is 0 Å². The fourth-order valence-electron chi connectivity index (χ4n) is 1.71. The van der Waals surface area contributed by atoms with Crippen LogP contribution in [0.15, 0.2) is 0 Å². The lowest BCUT2D eigenvalue weighted by Crippen LogP contribution is -2.62. The van der Waals surface area contributed by atoms with Crippen molar-refractivity contribution >= 4 is 11.8 Å². The molecule has 0 atom stereocenters. The molecule has 12 heavy (non-hydrogen) atoms. The average molecular weight is 183 g/mol. The molecule has 0 aromatic carbocycles. The van der Waals surface area contributed by atoms with Crippen LogP contribution in [0, 0.1) is 11.3 Å². The molecular weight excluding hydrogens is 170 g/mol. The molecule has 0 unspecified atom stereocenters. The van der Waals surface area contributed by atoms with Gasteiger partial charge in [0.1, 0.15) is 5.54 Å². The summed E-state index contributed by atoms with van der Waals surface area (Å²) in [4.78, 5) is 2.33. The number of nitrogens with zero attached hydrogens (tertiary/aromatic N) is 2. The predicted octanol–water partition coefficient (Wildman–Crippen LogP) is -0.0992. The molecule has 2 rings (SSSR count). The second-order valence-electron chi connectivity index (χ2n) is 3.37. The molecule has 0 amide bonds. The minimum absolute atomic E-state index is 0.104. The summed E-state index contributed by atoms with van der Waals surface area (Å²) in [6.07, 6.45) is 0. The van der Waals surface area contributed by atoms with Crippen LogP contribution in [0.1, 0.15) is 0 Å². The quantitative estimate of drug-likeness (QED) is 0.616. The van der Waals surface area contributed by atoms with Gasteiger partial charge < -0.3 is 5.32 Å². The predicted molar refractivity (Wildman–Crippen MR) is 50.1 cm³/mol. The zero-order valence-corrected chi connectivity index (χ0v) is 7.86. The summed E-state index contributed by atoms with van der Waals surface area (Å²) in [5, 5.41) is 12.4. The highest BCUT2D eigenvalue weighted by atomic mass is 32.2. The van der Waals surface area contributed by atoms with Crippen molar-refractivity contribution in [3.05, 3.63) is 0 Å². The van der Waals surface area contributed by atoms with Gasteiger partial charge >= 0.3 is 0 Å². The topological polar surface area (TPSA) is 39.1 Å². The van der Waals surface area contributed by atoms with Crippen molar-refractivity contribution in [3.63, 3.8) is 0 Å². The van der Waals surface area contributed by atoms with Gasteiger partial charge in [-0.2, -0.15) is 17.0 Å². The van der Waals surface area contributed by atoms with Crippen LogP contribution in [0.25, 0.3) is 0 Å². The molecule has 0 bridgehead atoms. The van der Waals surface area contributed by atoms with E-state index < -0.39 is 0 Å². The summed E-state index contributed by atoms with van der Waals surface area (Å²) in [6.45, 7) is 4.14. The molecule has 2 aliphatic rings. The van der Waals surface area contributed by atoms with Gasteiger partial charge in [0.25, 0.3) is 0 Å². The third kappa shape index (κ3) is 1.22. The van der Waals surface area contributed by atoms with Crippen LogP contribution >= 0.6 is 11.8 Å². The number of hydrogen-bond donors (Lipinski definition) is 1. The molecule has 2 aliphatic heterocycles. The van der Waals surface area contributed by atoms with Gasteiger partial charge in [-0.1, -0.05) is 0 Å². The lowest BCUT2D eigenvalue weighted by Gasteiger charge is -2.46. The minimum atomic E-state index is -0.104. The third-order valence-electron chi connectivity index (χ3n) is 2.61. The van der Waals surface area contributed by atoms with Gasteiger partial charge in [-0.25, -0.2) is 0 Å². The summed E-state index contributed by atoms with van der Waals surface area (Å²) in [5.74, 6) is 2.01. The zero-order chi connectivity index (χ0) is 8.44. The first-order valence-corrected chi connectivity index (χ1v) is 5.48. The van der Waals surface area contributed by atoms with Crippen LogP contribution < -0.4 is 5.32 Å². The van der Waals surface area contributed by atoms with E-state index in [9.17, 15) is 0 Å². The zero-order valence-electron chi connectivity index (χ0n) is 7.05. The number of piperazine rings is 1. The van der Waals surface area contributed by atoms with Gasteiger partial charge in [-0.3, -0.25) is 4.90 Å². The minimum Gasteiger partial charge on any atom is -0.314 e. The van der Waals surface area contributed by atoms with Crippen LogP contribution in [-0.2, 0) is 0 Å². The molecule has 2 fully saturated rings. The number of nitriles is 1. The molecule has 0 radical (unpaired) electrons. The summed E-state index contributed by atoms with van der Waals surface area (Å²) >= 11 is 1.88. The SMILES string of the molecule is N#CC1(N2CCNCC2)CSC1. The third-order valence-corrected chi connectivity index (χ3v) is 3.98. The van der Waals surface area contributed by atoms with E-state index >= 15 is 0 Å². The van der Waals surface area contributed by atoms with E-state index in [2.05, 4.69) is 16.3 Å². The number of hydrogen-bond acceptors (Lipinski definition) is 4.